The summed E-state index contributed by atoms with van der Waals surface area (Å²) in [4.78, 5) is 2.52. The minimum absolute atomic E-state index is 0.122. The number of piperidine rings is 1. The van der Waals surface area contributed by atoms with E-state index in [0.717, 1.165) is 23.8 Å². The number of fused-ring (bicyclic) bond motifs is 3. The number of hydrogen-bond acceptors (Lipinski definition) is 1. The molecule has 3 aliphatic rings. The van der Waals surface area contributed by atoms with Gasteiger partial charge in [-0.05, 0) is 49.7 Å². The zero-order valence-electron chi connectivity index (χ0n) is 11.4. The van der Waals surface area contributed by atoms with E-state index < -0.39 is 0 Å². The second kappa shape index (κ2) is 4.85. The van der Waals surface area contributed by atoms with E-state index in [1.54, 1.807) is 12.1 Å². The third kappa shape index (κ3) is 1.85. The van der Waals surface area contributed by atoms with Crippen molar-refractivity contribution >= 4 is 26.8 Å². The van der Waals surface area contributed by atoms with E-state index >= 15 is 0 Å². The van der Waals surface area contributed by atoms with Gasteiger partial charge in [0.2, 0.25) is 0 Å². The van der Waals surface area contributed by atoms with Crippen LogP contribution in [0.5, 0.6) is 0 Å². The molecule has 2 aromatic rings. The minimum Gasteiger partial charge on any atom is -0.343 e. The molecule has 2 bridgehead atoms. The third-order valence-electron chi connectivity index (χ3n) is 4.84. The lowest BCUT2D eigenvalue weighted by molar-refractivity contribution is 0.219. The van der Waals surface area contributed by atoms with Gasteiger partial charge in [0.05, 0.1) is 0 Å². The maximum atomic E-state index is 13.7. The van der Waals surface area contributed by atoms with Crippen LogP contribution in [-0.4, -0.2) is 27.9 Å². The van der Waals surface area contributed by atoms with E-state index in [4.69, 9.17) is 0 Å². The maximum absolute atomic E-state index is 13.7. The molecule has 0 atom stereocenters. The lowest BCUT2D eigenvalue weighted by Gasteiger charge is -2.27. The predicted octanol–water partition coefficient (Wildman–Crippen LogP) is 3.87. The molecule has 0 N–H and O–H groups in total. The highest BCUT2D eigenvalue weighted by atomic mass is 79.9. The molecule has 1 aromatic heterocycles. The molecular weight excluding hydrogens is 319 g/mol. The van der Waals surface area contributed by atoms with E-state index in [9.17, 15) is 4.39 Å². The van der Waals surface area contributed by atoms with Gasteiger partial charge in [0.25, 0.3) is 0 Å². The molecular formula is C16H18BrFN2. The summed E-state index contributed by atoms with van der Waals surface area (Å²) in [6.07, 6.45) is 2.49. The topological polar surface area (TPSA) is 8.17 Å². The normalized spacial score (nSPS) is 24.9. The van der Waals surface area contributed by atoms with Crippen LogP contribution in [0.3, 0.4) is 0 Å². The smallest absolute Gasteiger partial charge is 0.123 e. The molecule has 1 saturated heterocycles. The summed E-state index contributed by atoms with van der Waals surface area (Å²) in [5, 5.41) is 2.07. The Labute approximate surface area is 126 Å². The first-order valence-electron chi connectivity index (χ1n) is 7.37. The number of alkyl halides is 1. The van der Waals surface area contributed by atoms with Crippen LogP contribution in [0.4, 0.5) is 4.39 Å². The van der Waals surface area contributed by atoms with Crippen molar-refractivity contribution in [3.63, 3.8) is 0 Å². The van der Waals surface area contributed by atoms with Crippen LogP contribution < -0.4 is 0 Å². The van der Waals surface area contributed by atoms with Gasteiger partial charge in [-0.1, -0.05) is 15.9 Å². The van der Waals surface area contributed by atoms with E-state index in [0.29, 0.717) is 5.92 Å². The Bertz CT molecular complexity index is 656. The highest BCUT2D eigenvalue weighted by Crippen LogP contribution is 2.41. The molecule has 5 rings (SSSR count). The zero-order valence-corrected chi connectivity index (χ0v) is 13.0. The van der Waals surface area contributed by atoms with Gasteiger partial charge in [0.15, 0.2) is 0 Å². The summed E-state index contributed by atoms with van der Waals surface area (Å²) in [5.74, 6) is 0.529. The number of aryl methyl sites for hydroxylation is 1. The Balaban J connectivity index is 2.01. The van der Waals surface area contributed by atoms with Gasteiger partial charge in [-0.2, -0.15) is 0 Å². The minimum atomic E-state index is -0.122. The number of halogens is 2. The Hall–Kier alpha value is -0.870. The van der Waals surface area contributed by atoms with Gasteiger partial charge in [-0.3, -0.25) is 4.90 Å². The SMILES string of the molecule is Fc1ccc2c(c1)c1c(n2CCBr)C2CCN(CC2)C1. The molecule has 0 saturated carbocycles. The quantitative estimate of drug-likeness (QED) is 0.756. The van der Waals surface area contributed by atoms with Gasteiger partial charge >= 0.3 is 0 Å². The van der Waals surface area contributed by atoms with Gasteiger partial charge < -0.3 is 4.57 Å². The van der Waals surface area contributed by atoms with Crippen LogP contribution >= 0.6 is 15.9 Å². The van der Waals surface area contributed by atoms with Crippen LogP contribution in [0.25, 0.3) is 10.9 Å². The molecule has 1 aromatic carbocycles. The standard InChI is InChI=1S/C16H18BrFN2/c17-5-8-20-15-2-1-12(18)9-13(15)14-10-19-6-3-11(4-7-19)16(14)20/h1-2,9,11H,3-8,10H2. The molecule has 0 unspecified atom stereocenters. The van der Waals surface area contributed by atoms with Crippen LogP contribution in [0.15, 0.2) is 18.2 Å². The molecule has 2 nitrogen and oxygen atoms in total. The zero-order chi connectivity index (χ0) is 13.7. The van der Waals surface area contributed by atoms with E-state index in [1.807, 2.05) is 6.07 Å². The number of benzene rings is 1. The van der Waals surface area contributed by atoms with Gasteiger partial charge in [0.1, 0.15) is 5.82 Å². The van der Waals surface area contributed by atoms with E-state index in [-0.39, 0.29) is 5.82 Å². The summed E-state index contributed by atoms with van der Waals surface area (Å²) >= 11 is 3.57. The van der Waals surface area contributed by atoms with Crippen molar-refractivity contribution < 1.29 is 4.39 Å². The summed E-state index contributed by atoms with van der Waals surface area (Å²) in [7, 11) is 0. The van der Waals surface area contributed by atoms with Gasteiger partial charge in [-0.15, -0.1) is 0 Å². The summed E-state index contributed by atoms with van der Waals surface area (Å²) in [6.45, 7) is 4.32. The van der Waals surface area contributed by atoms with Crippen LogP contribution in [0.2, 0.25) is 0 Å². The second-order valence-electron chi connectivity index (χ2n) is 5.92. The van der Waals surface area contributed by atoms with Crippen molar-refractivity contribution in [1.29, 1.82) is 0 Å². The van der Waals surface area contributed by atoms with Crippen molar-refractivity contribution in [2.24, 2.45) is 0 Å². The average Bonchev–Trinajstić information content (AvgIpc) is 2.61. The molecule has 4 heterocycles. The Morgan fingerprint density at radius 2 is 2.05 bits per heavy atom. The van der Waals surface area contributed by atoms with Gasteiger partial charge in [-0.25, -0.2) is 4.39 Å². The Morgan fingerprint density at radius 3 is 2.80 bits per heavy atom. The lowest BCUT2D eigenvalue weighted by Crippen LogP contribution is -2.29. The first-order chi connectivity index (χ1) is 9.78. The van der Waals surface area contributed by atoms with Crippen LogP contribution in [-0.2, 0) is 13.1 Å². The molecule has 106 valence electrons. The fraction of sp³-hybridized carbons (Fsp3) is 0.500. The molecule has 0 spiro atoms. The molecule has 0 aliphatic carbocycles. The van der Waals surface area contributed by atoms with Crippen molar-refractivity contribution in [1.82, 2.24) is 9.47 Å². The lowest BCUT2D eigenvalue weighted by atomic mass is 9.94. The van der Waals surface area contributed by atoms with Gasteiger partial charge in [0, 0.05) is 40.9 Å². The van der Waals surface area contributed by atoms with Crippen molar-refractivity contribution in [2.45, 2.75) is 31.8 Å². The van der Waals surface area contributed by atoms with E-state index in [1.165, 1.54) is 42.7 Å². The molecule has 1 fully saturated rings. The summed E-state index contributed by atoms with van der Waals surface area (Å²) in [6, 6.07) is 5.26. The van der Waals surface area contributed by atoms with Crippen molar-refractivity contribution in [3.8, 4) is 0 Å². The number of nitrogens with zero attached hydrogens (tertiary/aromatic N) is 2. The number of aromatic nitrogens is 1. The number of rotatable bonds is 2. The highest BCUT2D eigenvalue weighted by Gasteiger charge is 2.32. The first-order valence-corrected chi connectivity index (χ1v) is 8.49. The van der Waals surface area contributed by atoms with Crippen molar-refractivity contribution in [2.75, 3.05) is 18.4 Å². The summed E-state index contributed by atoms with van der Waals surface area (Å²) in [5.41, 5.74) is 4.05. The molecule has 4 heteroatoms. The largest absolute Gasteiger partial charge is 0.343 e. The van der Waals surface area contributed by atoms with E-state index in [2.05, 4.69) is 25.4 Å². The molecule has 20 heavy (non-hydrogen) atoms. The molecule has 0 amide bonds. The fourth-order valence-corrected chi connectivity index (χ4v) is 4.32. The second-order valence-corrected chi connectivity index (χ2v) is 6.71. The monoisotopic (exact) mass is 336 g/mol. The van der Waals surface area contributed by atoms with Crippen molar-refractivity contribution in [3.05, 3.63) is 35.3 Å². The van der Waals surface area contributed by atoms with Crippen LogP contribution in [0.1, 0.15) is 30.0 Å². The van der Waals surface area contributed by atoms with Crippen LogP contribution in [0, 0.1) is 5.82 Å². The average molecular weight is 337 g/mol. The summed E-state index contributed by atoms with van der Waals surface area (Å²) < 4.78 is 16.1. The first kappa shape index (κ1) is 12.8. The Morgan fingerprint density at radius 1 is 1.25 bits per heavy atom. The predicted molar refractivity (Wildman–Crippen MR) is 82.9 cm³/mol. The fourth-order valence-electron chi connectivity index (χ4n) is 3.96. The highest BCUT2D eigenvalue weighted by molar-refractivity contribution is 9.09. The number of hydrogen-bond donors (Lipinski definition) is 0. The molecule has 0 radical (unpaired) electrons. The molecule has 3 aliphatic heterocycles. The third-order valence-corrected chi connectivity index (χ3v) is 5.19. The Kier molecular flexibility index (Phi) is 3.11. The maximum Gasteiger partial charge on any atom is 0.123 e.